The topological polar surface area (TPSA) is 86.7 Å². The van der Waals surface area contributed by atoms with Gasteiger partial charge in [0, 0.05) is 23.4 Å². The predicted octanol–water partition coefficient (Wildman–Crippen LogP) is 6.65. The van der Waals surface area contributed by atoms with Crippen molar-refractivity contribution < 1.29 is 19.5 Å². The molecule has 6 nitrogen and oxygen atoms in total. The van der Waals surface area contributed by atoms with E-state index >= 15 is 0 Å². The first-order valence-corrected chi connectivity index (χ1v) is 13.0. The Balaban J connectivity index is 1.32. The molecule has 0 radical (unpaired) electrons. The van der Waals surface area contributed by atoms with Crippen molar-refractivity contribution in [2.45, 2.75) is 33.4 Å². The van der Waals surface area contributed by atoms with Crippen LogP contribution in [0.3, 0.4) is 0 Å². The second-order valence-electron chi connectivity index (χ2n) is 10.3. The molecule has 39 heavy (non-hydrogen) atoms. The summed E-state index contributed by atoms with van der Waals surface area (Å²) in [4.78, 5) is 39.3. The monoisotopic (exact) mass is 518 g/mol. The number of nitrogens with zero attached hydrogens (tertiary/aromatic N) is 1. The summed E-state index contributed by atoms with van der Waals surface area (Å²) in [6, 6.07) is 28.0. The molecule has 1 aliphatic rings. The highest BCUT2D eigenvalue weighted by molar-refractivity contribution is 6.05. The van der Waals surface area contributed by atoms with E-state index in [0.717, 1.165) is 33.4 Å². The molecule has 0 spiro atoms. The van der Waals surface area contributed by atoms with Crippen LogP contribution in [-0.4, -0.2) is 33.8 Å². The molecule has 1 unspecified atom stereocenters. The Labute approximate surface area is 227 Å². The van der Waals surface area contributed by atoms with Crippen LogP contribution >= 0.6 is 0 Å². The maximum atomic E-state index is 13.1. The number of rotatable bonds is 7. The van der Waals surface area contributed by atoms with Crippen molar-refractivity contribution in [3.8, 4) is 22.3 Å². The van der Waals surface area contributed by atoms with Crippen molar-refractivity contribution in [1.82, 2.24) is 4.90 Å². The van der Waals surface area contributed by atoms with E-state index in [4.69, 9.17) is 0 Å². The Morgan fingerprint density at radius 2 is 1.49 bits per heavy atom. The summed E-state index contributed by atoms with van der Waals surface area (Å²) in [6.45, 7) is 5.87. The van der Waals surface area contributed by atoms with Gasteiger partial charge < -0.3 is 15.3 Å². The van der Waals surface area contributed by atoms with Crippen LogP contribution in [0.25, 0.3) is 22.3 Å². The van der Waals surface area contributed by atoms with E-state index in [1.54, 1.807) is 0 Å². The van der Waals surface area contributed by atoms with Crippen LogP contribution in [0.4, 0.5) is 5.69 Å². The minimum atomic E-state index is -0.994. The Hall–Kier alpha value is -4.71. The van der Waals surface area contributed by atoms with Gasteiger partial charge in [-0.3, -0.25) is 9.59 Å². The third kappa shape index (κ3) is 5.18. The number of anilines is 1. The Kier molecular flexibility index (Phi) is 7.03. The molecule has 5 rings (SSSR count). The quantitative estimate of drug-likeness (QED) is 0.287. The van der Waals surface area contributed by atoms with Crippen molar-refractivity contribution in [2.24, 2.45) is 5.92 Å². The molecule has 196 valence electrons. The van der Waals surface area contributed by atoms with Gasteiger partial charge in [0.05, 0.1) is 0 Å². The van der Waals surface area contributed by atoms with E-state index < -0.39 is 12.0 Å². The number of aryl methyl sites for hydroxylation is 1. The van der Waals surface area contributed by atoms with Crippen LogP contribution in [0.15, 0.2) is 91.0 Å². The lowest BCUT2D eigenvalue weighted by molar-refractivity contribution is -0.144. The first-order valence-electron chi connectivity index (χ1n) is 13.0. The van der Waals surface area contributed by atoms with Gasteiger partial charge in [-0.25, -0.2) is 4.79 Å². The number of carboxylic acid groups (broad SMARTS) is 1. The second kappa shape index (κ2) is 10.6. The zero-order valence-corrected chi connectivity index (χ0v) is 22.1. The molecule has 0 saturated carbocycles. The number of carbonyl (C=O) groups excluding carboxylic acids is 2. The standard InChI is InChI=1S/C33H30N2O4/c1-20(2)30(33(38)39)35-19-26-14-13-25(18-29(26)32(35)37)28-16-15-27(17-21(28)3)34-31(36)24-11-9-23(10-12-24)22-7-5-4-6-8-22/h4-18,20,30H,19H2,1-3H3,(H,34,36)(H,38,39). The number of carbonyl (C=O) groups is 3. The van der Waals surface area contributed by atoms with E-state index in [-0.39, 0.29) is 17.7 Å². The fourth-order valence-corrected chi connectivity index (χ4v) is 5.21. The van der Waals surface area contributed by atoms with Gasteiger partial charge in [0.15, 0.2) is 0 Å². The average Bonchev–Trinajstić information content (AvgIpc) is 3.24. The van der Waals surface area contributed by atoms with Crippen LogP contribution in [0.1, 0.15) is 45.7 Å². The summed E-state index contributed by atoms with van der Waals surface area (Å²) in [5, 5.41) is 12.6. The molecule has 0 bridgehead atoms. The van der Waals surface area contributed by atoms with Crippen LogP contribution in [0.2, 0.25) is 0 Å². The highest BCUT2D eigenvalue weighted by Gasteiger charge is 2.38. The van der Waals surface area contributed by atoms with E-state index in [0.29, 0.717) is 23.4 Å². The van der Waals surface area contributed by atoms with Gasteiger partial charge in [0.1, 0.15) is 6.04 Å². The molecule has 0 fully saturated rings. The first-order chi connectivity index (χ1) is 18.7. The molecule has 1 heterocycles. The first kappa shape index (κ1) is 25.9. The molecule has 1 aliphatic heterocycles. The molecular weight excluding hydrogens is 488 g/mol. The number of aliphatic carboxylic acids is 1. The minimum Gasteiger partial charge on any atom is -0.480 e. The number of hydrogen-bond acceptors (Lipinski definition) is 3. The van der Waals surface area contributed by atoms with Crippen LogP contribution in [0.5, 0.6) is 0 Å². The maximum absolute atomic E-state index is 13.1. The van der Waals surface area contributed by atoms with Crippen molar-refractivity contribution in [1.29, 1.82) is 0 Å². The zero-order valence-electron chi connectivity index (χ0n) is 22.1. The molecule has 4 aromatic rings. The van der Waals surface area contributed by atoms with E-state index in [9.17, 15) is 19.5 Å². The highest BCUT2D eigenvalue weighted by atomic mass is 16.4. The molecule has 1 atom stereocenters. The lowest BCUT2D eigenvalue weighted by Gasteiger charge is -2.27. The third-order valence-corrected chi connectivity index (χ3v) is 7.21. The summed E-state index contributed by atoms with van der Waals surface area (Å²) in [5.74, 6) is -1.64. The SMILES string of the molecule is Cc1cc(NC(=O)c2ccc(-c3ccccc3)cc2)ccc1-c1ccc2c(c1)C(=O)N(C(C(=O)O)C(C)C)C2. The van der Waals surface area contributed by atoms with Gasteiger partial charge in [-0.1, -0.05) is 74.5 Å². The summed E-state index contributed by atoms with van der Waals surface area (Å²) in [7, 11) is 0. The van der Waals surface area contributed by atoms with Crippen molar-refractivity contribution in [2.75, 3.05) is 5.32 Å². The van der Waals surface area contributed by atoms with Crippen LogP contribution < -0.4 is 5.32 Å². The predicted molar refractivity (Wildman–Crippen MR) is 153 cm³/mol. The summed E-state index contributed by atoms with van der Waals surface area (Å²) in [6.07, 6.45) is 0. The molecule has 4 aromatic carbocycles. The number of carboxylic acids is 1. The molecule has 2 amide bonds. The van der Waals surface area contributed by atoms with Crippen molar-refractivity contribution >= 4 is 23.5 Å². The van der Waals surface area contributed by atoms with Gasteiger partial charge in [-0.05, 0) is 76.6 Å². The number of nitrogens with one attached hydrogen (secondary N) is 1. The molecule has 6 heteroatoms. The summed E-state index contributed by atoms with van der Waals surface area (Å²) < 4.78 is 0. The van der Waals surface area contributed by atoms with E-state index in [1.165, 1.54) is 4.90 Å². The van der Waals surface area contributed by atoms with Gasteiger partial charge in [-0.15, -0.1) is 0 Å². The minimum absolute atomic E-state index is 0.192. The van der Waals surface area contributed by atoms with Gasteiger partial charge in [-0.2, -0.15) is 0 Å². The molecule has 0 aromatic heterocycles. The van der Waals surface area contributed by atoms with Gasteiger partial charge in [0.2, 0.25) is 0 Å². The fraction of sp³-hybridized carbons (Fsp3) is 0.182. The number of fused-ring (bicyclic) bond motifs is 1. The Morgan fingerprint density at radius 1 is 0.821 bits per heavy atom. The second-order valence-corrected chi connectivity index (χ2v) is 10.3. The molecule has 0 saturated heterocycles. The average molecular weight is 519 g/mol. The van der Waals surface area contributed by atoms with Gasteiger partial charge >= 0.3 is 5.97 Å². The van der Waals surface area contributed by atoms with E-state index in [1.807, 2.05) is 112 Å². The summed E-state index contributed by atoms with van der Waals surface area (Å²) >= 11 is 0. The zero-order chi connectivity index (χ0) is 27.7. The normalized spacial score (nSPS) is 13.3. The number of hydrogen-bond donors (Lipinski definition) is 2. The largest absolute Gasteiger partial charge is 0.480 e. The highest BCUT2D eigenvalue weighted by Crippen LogP contribution is 2.33. The summed E-state index contributed by atoms with van der Waals surface area (Å²) in [5.41, 5.74) is 7.51. The van der Waals surface area contributed by atoms with E-state index in [2.05, 4.69) is 5.32 Å². The smallest absolute Gasteiger partial charge is 0.326 e. The number of benzene rings is 4. The number of amides is 2. The molecule has 2 N–H and O–H groups in total. The molecule has 0 aliphatic carbocycles. The molecular formula is C33H30N2O4. The van der Waals surface area contributed by atoms with Crippen LogP contribution in [-0.2, 0) is 11.3 Å². The van der Waals surface area contributed by atoms with Crippen molar-refractivity contribution in [3.05, 3.63) is 113 Å². The van der Waals surface area contributed by atoms with Crippen LogP contribution in [0, 0.1) is 12.8 Å². The van der Waals surface area contributed by atoms with Gasteiger partial charge in [0.25, 0.3) is 11.8 Å². The fourth-order valence-electron chi connectivity index (χ4n) is 5.21. The maximum Gasteiger partial charge on any atom is 0.326 e. The lowest BCUT2D eigenvalue weighted by Crippen LogP contribution is -2.44. The lowest BCUT2D eigenvalue weighted by atomic mass is 9.96. The Morgan fingerprint density at radius 3 is 2.13 bits per heavy atom. The van der Waals surface area contributed by atoms with Crippen molar-refractivity contribution in [3.63, 3.8) is 0 Å². The Bertz CT molecular complexity index is 1560. The third-order valence-electron chi connectivity index (χ3n) is 7.21.